The molecule has 1 aromatic heterocycles. The van der Waals surface area contributed by atoms with Crippen LogP contribution in [0.25, 0.3) is 0 Å². The maximum absolute atomic E-state index is 11.9. The lowest BCUT2D eigenvalue weighted by atomic mass is 10.2. The number of anilines is 1. The molecule has 0 saturated carbocycles. The Bertz CT molecular complexity index is 784. The predicted molar refractivity (Wildman–Crippen MR) is 98.0 cm³/mol. The van der Waals surface area contributed by atoms with Gasteiger partial charge >= 0.3 is 5.97 Å². The molecule has 0 bridgehead atoms. The Morgan fingerprint density at radius 3 is 2.54 bits per heavy atom. The van der Waals surface area contributed by atoms with E-state index in [4.69, 9.17) is 16.8 Å². The molecule has 0 aliphatic heterocycles. The Labute approximate surface area is 153 Å². The van der Waals surface area contributed by atoms with Crippen molar-refractivity contribution in [2.75, 3.05) is 10.8 Å². The number of carboxylic acid groups (broad SMARTS) is 1. The molecule has 0 saturated heterocycles. The summed E-state index contributed by atoms with van der Waals surface area (Å²) < 4.78 is 0. The Morgan fingerprint density at radius 2 is 1.96 bits per heavy atom. The van der Waals surface area contributed by atoms with Crippen LogP contribution in [0.2, 0.25) is 0 Å². The first-order valence-electron chi connectivity index (χ1n) is 7.32. The van der Waals surface area contributed by atoms with Crippen molar-refractivity contribution in [1.82, 2.24) is 15.5 Å². The Kier molecular flexibility index (Phi) is 6.88. The van der Waals surface area contributed by atoms with Crippen LogP contribution in [0.5, 0.6) is 0 Å². The highest BCUT2D eigenvalue weighted by molar-refractivity contribution is 8.14. The van der Waals surface area contributed by atoms with E-state index < -0.39 is 5.97 Å². The van der Waals surface area contributed by atoms with E-state index in [0.29, 0.717) is 12.2 Å². The van der Waals surface area contributed by atoms with Crippen LogP contribution in [-0.2, 0) is 11.3 Å². The molecule has 26 heavy (non-hydrogen) atoms. The number of amidine groups is 1. The van der Waals surface area contributed by atoms with Crippen LogP contribution >= 0.6 is 11.8 Å². The molecule has 1 aromatic carbocycles. The molecule has 2 aromatic rings. The summed E-state index contributed by atoms with van der Waals surface area (Å²) in [4.78, 5) is 22.8. The molecular formula is C15H17N7O3S. The Balaban J connectivity index is 1.87. The number of carboxylic acids is 1. The molecule has 0 spiro atoms. The first kappa shape index (κ1) is 19.1. The summed E-state index contributed by atoms with van der Waals surface area (Å²) in [6, 6.07) is 7.60. The normalized spacial score (nSPS) is 11.0. The molecular weight excluding hydrogens is 358 g/mol. The molecule has 1 heterocycles. The van der Waals surface area contributed by atoms with Crippen LogP contribution in [0.4, 0.5) is 5.69 Å². The molecule has 2 rings (SSSR count). The van der Waals surface area contributed by atoms with Crippen molar-refractivity contribution in [1.29, 1.82) is 0 Å². The number of aromatic carboxylic acids is 1. The number of nitrogens with two attached hydrogens (primary N) is 2. The van der Waals surface area contributed by atoms with Crippen LogP contribution in [0.1, 0.15) is 15.9 Å². The number of nitrogens with one attached hydrogen (secondary N) is 1. The van der Waals surface area contributed by atoms with Gasteiger partial charge < -0.3 is 16.3 Å². The third-order valence-corrected chi connectivity index (χ3v) is 4.14. The van der Waals surface area contributed by atoms with E-state index >= 15 is 0 Å². The maximum atomic E-state index is 11.9. The number of aromatic nitrogens is 2. The van der Waals surface area contributed by atoms with Gasteiger partial charge in [0.15, 0.2) is 0 Å². The zero-order valence-electron chi connectivity index (χ0n) is 13.6. The maximum Gasteiger partial charge on any atom is 0.335 e. The van der Waals surface area contributed by atoms with Crippen molar-refractivity contribution in [3.63, 3.8) is 0 Å². The number of hydrazine groups is 1. The third-order valence-electron chi connectivity index (χ3n) is 3.18. The zero-order valence-corrected chi connectivity index (χ0v) is 14.4. The monoisotopic (exact) mass is 375 g/mol. The predicted octanol–water partition coefficient (Wildman–Crippen LogP) is 0.134. The van der Waals surface area contributed by atoms with Crippen molar-refractivity contribution in [2.24, 2.45) is 16.8 Å². The Morgan fingerprint density at radius 1 is 1.23 bits per heavy atom. The van der Waals surface area contributed by atoms with E-state index in [9.17, 15) is 9.59 Å². The van der Waals surface area contributed by atoms with Crippen LogP contribution in [0, 0.1) is 0 Å². The van der Waals surface area contributed by atoms with E-state index in [0.717, 1.165) is 17.3 Å². The minimum absolute atomic E-state index is 0.0510. The summed E-state index contributed by atoms with van der Waals surface area (Å²) in [5.74, 6) is 10.1. The van der Waals surface area contributed by atoms with Gasteiger partial charge in [-0.3, -0.25) is 9.80 Å². The number of carbonyl (C=O) groups is 2. The second-order valence-electron chi connectivity index (χ2n) is 4.95. The van der Waals surface area contributed by atoms with E-state index in [2.05, 4.69) is 20.6 Å². The van der Waals surface area contributed by atoms with Gasteiger partial charge in [-0.1, -0.05) is 11.8 Å². The number of nitrogens with zero attached hydrogens (tertiary/aromatic N) is 4. The number of benzene rings is 1. The summed E-state index contributed by atoms with van der Waals surface area (Å²) in [7, 11) is 0. The van der Waals surface area contributed by atoms with E-state index in [1.54, 1.807) is 12.3 Å². The van der Waals surface area contributed by atoms with Crippen LogP contribution in [0.3, 0.4) is 0 Å². The van der Waals surface area contributed by atoms with Gasteiger partial charge in [0.2, 0.25) is 11.1 Å². The quantitative estimate of drug-likeness (QED) is 0.238. The molecule has 0 unspecified atom stereocenters. The third kappa shape index (κ3) is 5.43. The fourth-order valence-corrected chi connectivity index (χ4v) is 2.53. The summed E-state index contributed by atoms with van der Waals surface area (Å²) >= 11 is 1.05. The molecule has 0 aliphatic rings. The number of thioether (sulfide) groups is 1. The highest BCUT2D eigenvalue weighted by Gasteiger charge is 2.14. The molecule has 0 atom stereocenters. The van der Waals surface area contributed by atoms with Crippen LogP contribution in [0.15, 0.2) is 47.8 Å². The summed E-state index contributed by atoms with van der Waals surface area (Å²) in [6.07, 6.45) is 3.10. The lowest BCUT2D eigenvalue weighted by molar-refractivity contribution is -0.118. The molecule has 0 radical (unpaired) electrons. The first-order chi connectivity index (χ1) is 12.5. The topological polar surface area (TPSA) is 160 Å². The minimum atomic E-state index is -1.04. The molecule has 136 valence electrons. The number of rotatable bonds is 6. The lowest BCUT2D eigenvalue weighted by Gasteiger charge is -2.19. The molecule has 6 N–H and O–H groups in total. The smallest absolute Gasteiger partial charge is 0.335 e. The summed E-state index contributed by atoms with van der Waals surface area (Å²) in [6.45, 7) is 0.326. The van der Waals surface area contributed by atoms with Crippen LogP contribution < -0.4 is 22.0 Å². The van der Waals surface area contributed by atoms with Crippen molar-refractivity contribution in [2.45, 2.75) is 6.54 Å². The molecule has 0 fully saturated rings. The average Bonchev–Trinajstić information content (AvgIpc) is 2.67. The van der Waals surface area contributed by atoms with Gasteiger partial charge in [-0.05, 0) is 35.9 Å². The van der Waals surface area contributed by atoms with Gasteiger partial charge in [-0.15, -0.1) is 0 Å². The van der Waals surface area contributed by atoms with Gasteiger partial charge in [-0.25, -0.2) is 10.6 Å². The van der Waals surface area contributed by atoms with Gasteiger partial charge in [0.05, 0.1) is 23.2 Å². The molecule has 1 amide bonds. The fourth-order valence-electron chi connectivity index (χ4n) is 1.85. The zero-order chi connectivity index (χ0) is 18.9. The number of hydrazone groups is 1. The van der Waals surface area contributed by atoms with Gasteiger partial charge in [0, 0.05) is 12.7 Å². The minimum Gasteiger partial charge on any atom is -0.478 e. The summed E-state index contributed by atoms with van der Waals surface area (Å²) in [5, 5.41) is 24.0. The highest BCUT2D eigenvalue weighted by atomic mass is 32.2. The van der Waals surface area contributed by atoms with Crippen molar-refractivity contribution in [3.05, 3.63) is 53.9 Å². The average molecular weight is 375 g/mol. The van der Waals surface area contributed by atoms with Gasteiger partial charge in [0.25, 0.3) is 0 Å². The van der Waals surface area contributed by atoms with E-state index in [1.165, 1.54) is 35.5 Å². The standard InChI is InChI=1S/C15H17N7O3S/c16-21-15(22(17)12-3-1-11(2-4-12)14(24)25)26-9-13(23)18-7-10-5-6-19-20-8-10/h1-6,8H,7,9,16-17H2,(H,18,23)(H,24,25)/b21-15+. The molecule has 10 nitrogen and oxygen atoms in total. The van der Waals surface area contributed by atoms with Gasteiger partial charge in [0.1, 0.15) is 0 Å². The van der Waals surface area contributed by atoms with Gasteiger partial charge in [-0.2, -0.15) is 15.3 Å². The number of hydrogen-bond donors (Lipinski definition) is 4. The Hall–Kier alpha value is -3.18. The number of amides is 1. The molecule has 0 aliphatic carbocycles. The largest absolute Gasteiger partial charge is 0.478 e. The number of carbonyl (C=O) groups excluding carboxylic acids is 1. The van der Waals surface area contributed by atoms with Crippen LogP contribution in [-0.4, -0.2) is 38.1 Å². The lowest BCUT2D eigenvalue weighted by Crippen LogP contribution is -2.37. The first-order valence-corrected chi connectivity index (χ1v) is 8.31. The van der Waals surface area contributed by atoms with Crippen molar-refractivity contribution in [3.8, 4) is 0 Å². The van der Waals surface area contributed by atoms with E-state index in [1.807, 2.05) is 0 Å². The van der Waals surface area contributed by atoms with E-state index in [-0.39, 0.29) is 22.4 Å². The molecule has 11 heteroatoms. The van der Waals surface area contributed by atoms with Crippen molar-refractivity contribution < 1.29 is 14.7 Å². The second-order valence-corrected chi connectivity index (χ2v) is 5.89. The fraction of sp³-hybridized carbons (Fsp3) is 0.133. The number of hydrogen-bond acceptors (Lipinski definition) is 8. The summed E-state index contributed by atoms with van der Waals surface area (Å²) in [5.41, 5.74) is 1.44. The highest BCUT2D eigenvalue weighted by Crippen LogP contribution is 2.17. The van der Waals surface area contributed by atoms with Crippen molar-refractivity contribution >= 4 is 34.5 Å². The SMILES string of the molecule is N/N=C(/SCC(=O)NCc1ccnnc1)N(N)c1ccc(C(=O)O)cc1. The second kappa shape index (κ2) is 9.34.